The van der Waals surface area contributed by atoms with Gasteiger partial charge in [-0.3, -0.25) is 0 Å². The Morgan fingerprint density at radius 2 is 1.22 bits per heavy atom. The minimum atomic E-state index is -1.45. The Balaban J connectivity index is 2.14. The smallest absolute Gasteiger partial charge is 0.194 e. The lowest BCUT2D eigenvalue weighted by molar-refractivity contribution is 0.448. The van der Waals surface area contributed by atoms with Crippen LogP contribution in [0.4, 0.5) is 13.2 Å². The summed E-state index contributed by atoms with van der Waals surface area (Å²) in [6.07, 6.45) is 0.941. The van der Waals surface area contributed by atoms with Gasteiger partial charge in [0.2, 0.25) is 0 Å². The lowest BCUT2D eigenvalue weighted by Gasteiger charge is -2.11. The third-order valence-corrected chi connectivity index (χ3v) is 3.90. The normalized spacial score (nSPS) is 10.8. The third kappa shape index (κ3) is 3.00. The van der Waals surface area contributed by atoms with Crippen LogP contribution in [0.2, 0.25) is 0 Å². The molecule has 116 valence electrons. The first kappa shape index (κ1) is 15.3. The van der Waals surface area contributed by atoms with Crippen LogP contribution in [0.5, 0.6) is 0 Å². The number of rotatable bonds is 3. The van der Waals surface area contributed by atoms with E-state index in [4.69, 9.17) is 0 Å². The van der Waals surface area contributed by atoms with Crippen LogP contribution in [0.1, 0.15) is 12.5 Å². The molecule has 0 bridgehead atoms. The molecule has 3 aromatic rings. The summed E-state index contributed by atoms with van der Waals surface area (Å²) in [5.41, 5.74) is 3.99. The molecule has 0 radical (unpaired) electrons. The summed E-state index contributed by atoms with van der Waals surface area (Å²) >= 11 is 0. The molecule has 0 nitrogen and oxygen atoms in total. The molecular formula is C20H15F3. The molecule has 0 aromatic heterocycles. The van der Waals surface area contributed by atoms with E-state index < -0.39 is 17.5 Å². The Labute approximate surface area is 133 Å². The second kappa shape index (κ2) is 6.29. The van der Waals surface area contributed by atoms with Gasteiger partial charge in [0.25, 0.3) is 0 Å². The molecule has 0 aliphatic carbocycles. The molecule has 0 aliphatic heterocycles. The average molecular weight is 312 g/mol. The highest BCUT2D eigenvalue weighted by molar-refractivity contribution is 5.83. The maximum Gasteiger partial charge on any atom is 0.194 e. The van der Waals surface area contributed by atoms with Crippen LogP contribution in [-0.2, 0) is 6.42 Å². The van der Waals surface area contributed by atoms with E-state index in [1.165, 1.54) is 5.56 Å². The van der Waals surface area contributed by atoms with Gasteiger partial charge in [0, 0.05) is 0 Å². The van der Waals surface area contributed by atoms with Crippen molar-refractivity contribution in [3.05, 3.63) is 83.7 Å². The van der Waals surface area contributed by atoms with Gasteiger partial charge in [-0.1, -0.05) is 55.5 Å². The minimum absolute atomic E-state index is 0.316. The van der Waals surface area contributed by atoms with Crippen LogP contribution in [0.3, 0.4) is 0 Å². The molecule has 0 saturated heterocycles. The van der Waals surface area contributed by atoms with Gasteiger partial charge in [0.15, 0.2) is 17.5 Å². The van der Waals surface area contributed by atoms with Crippen LogP contribution >= 0.6 is 0 Å². The Kier molecular flexibility index (Phi) is 4.20. The number of halogens is 3. The predicted molar refractivity (Wildman–Crippen MR) is 86.6 cm³/mol. The standard InChI is InChI=1S/C20H15F3/c1-2-13-7-9-14(10-8-13)16-5-3-4-6-17(16)15-11-18(21)20(23)19(22)12-15/h3-12H,2H2,1H3. The van der Waals surface area contributed by atoms with Gasteiger partial charge in [-0.25, -0.2) is 13.2 Å². The van der Waals surface area contributed by atoms with Gasteiger partial charge >= 0.3 is 0 Å². The summed E-state index contributed by atoms with van der Waals surface area (Å²) in [5.74, 6) is -3.81. The maximum atomic E-state index is 13.5. The van der Waals surface area contributed by atoms with Crippen molar-refractivity contribution in [3.63, 3.8) is 0 Å². The maximum absolute atomic E-state index is 13.5. The summed E-state index contributed by atoms with van der Waals surface area (Å²) < 4.78 is 40.3. The zero-order valence-electron chi connectivity index (χ0n) is 12.6. The molecule has 0 aliphatic rings. The SMILES string of the molecule is CCc1ccc(-c2ccccc2-c2cc(F)c(F)c(F)c2)cc1. The van der Waals surface area contributed by atoms with Crippen molar-refractivity contribution in [3.8, 4) is 22.3 Å². The van der Waals surface area contributed by atoms with E-state index in [1.807, 2.05) is 36.4 Å². The summed E-state index contributed by atoms with van der Waals surface area (Å²) in [6, 6.07) is 17.4. The van der Waals surface area contributed by atoms with E-state index in [0.717, 1.165) is 29.7 Å². The van der Waals surface area contributed by atoms with Gasteiger partial charge in [0.1, 0.15) is 0 Å². The van der Waals surface area contributed by atoms with Crippen molar-refractivity contribution in [2.24, 2.45) is 0 Å². The zero-order chi connectivity index (χ0) is 16.4. The largest absolute Gasteiger partial charge is 0.204 e. The van der Waals surface area contributed by atoms with Crippen molar-refractivity contribution < 1.29 is 13.2 Å². The van der Waals surface area contributed by atoms with E-state index in [1.54, 1.807) is 12.1 Å². The quantitative estimate of drug-likeness (QED) is 0.520. The summed E-state index contributed by atoms with van der Waals surface area (Å²) in [5, 5.41) is 0. The lowest BCUT2D eigenvalue weighted by Crippen LogP contribution is -1.93. The van der Waals surface area contributed by atoms with Gasteiger partial charge in [-0.2, -0.15) is 0 Å². The highest BCUT2D eigenvalue weighted by Gasteiger charge is 2.14. The molecule has 3 heteroatoms. The Bertz CT molecular complexity index is 813. The summed E-state index contributed by atoms with van der Waals surface area (Å²) in [4.78, 5) is 0. The van der Waals surface area contributed by atoms with Gasteiger partial charge in [-0.15, -0.1) is 0 Å². The fraction of sp³-hybridized carbons (Fsp3) is 0.100. The first-order valence-electron chi connectivity index (χ1n) is 7.43. The fourth-order valence-electron chi connectivity index (χ4n) is 2.62. The molecule has 0 N–H and O–H groups in total. The molecule has 0 amide bonds. The first-order valence-corrected chi connectivity index (χ1v) is 7.43. The average Bonchev–Trinajstić information content (AvgIpc) is 2.59. The summed E-state index contributed by atoms with van der Waals surface area (Å²) in [7, 11) is 0. The van der Waals surface area contributed by atoms with Gasteiger partial charge in [0.05, 0.1) is 0 Å². The predicted octanol–water partition coefficient (Wildman–Crippen LogP) is 6.00. The second-order valence-corrected chi connectivity index (χ2v) is 5.35. The highest BCUT2D eigenvalue weighted by atomic mass is 19.2. The van der Waals surface area contributed by atoms with Gasteiger partial charge in [-0.05, 0) is 46.4 Å². The Hall–Kier alpha value is -2.55. The van der Waals surface area contributed by atoms with Crippen molar-refractivity contribution in [1.29, 1.82) is 0 Å². The lowest BCUT2D eigenvalue weighted by atomic mass is 9.94. The van der Waals surface area contributed by atoms with Crippen LogP contribution < -0.4 is 0 Å². The number of hydrogen-bond donors (Lipinski definition) is 0. The van der Waals surface area contributed by atoms with Crippen molar-refractivity contribution in [1.82, 2.24) is 0 Å². The van der Waals surface area contributed by atoms with Crippen LogP contribution in [0, 0.1) is 17.5 Å². The van der Waals surface area contributed by atoms with Crippen molar-refractivity contribution in [2.75, 3.05) is 0 Å². The molecule has 0 fully saturated rings. The number of hydrogen-bond acceptors (Lipinski definition) is 0. The molecule has 3 rings (SSSR count). The fourth-order valence-corrected chi connectivity index (χ4v) is 2.62. The van der Waals surface area contributed by atoms with E-state index >= 15 is 0 Å². The topological polar surface area (TPSA) is 0 Å². The monoisotopic (exact) mass is 312 g/mol. The Morgan fingerprint density at radius 1 is 0.696 bits per heavy atom. The van der Waals surface area contributed by atoms with E-state index in [-0.39, 0.29) is 0 Å². The molecule has 3 aromatic carbocycles. The third-order valence-electron chi connectivity index (χ3n) is 3.90. The van der Waals surface area contributed by atoms with Crippen LogP contribution in [-0.4, -0.2) is 0 Å². The van der Waals surface area contributed by atoms with E-state index in [2.05, 4.69) is 6.92 Å². The van der Waals surface area contributed by atoms with E-state index in [9.17, 15) is 13.2 Å². The van der Waals surface area contributed by atoms with Crippen molar-refractivity contribution >= 4 is 0 Å². The molecule has 23 heavy (non-hydrogen) atoms. The zero-order valence-corrected chi connectivity index (χ0v) is 12.6. The van der Waals surface area contributed by atoms with Crippen LogP contribution in [0.15, 0.2) is 60.7 Å². The molecule has 0 heterocycles. The highest BCUT2D eigenvalue weighted by Crippen LogP contribution is 2.33. The Morgan fingerprint density at radius 3 is 1.74 bits per heavy atom. The first-order chi connectivity index (χ1) is 11.1. The molecule has 0 atom stereocenters. The summed E-state index contributed by atoms with van der Waals surface area (Å²) in [6.45, 7) is 2.08. The van der Waals surface area contributed by atoms with E-state index in [0.29, 0.717) is 11.1 Å². The minimum Gasteiger partial charge on any atom is -0.204 e. The van der Waals surface area contributed by atoms with Crippen LogP contribution in [0.25, 0.3) is 22.3 Å². The number of aryl methyl sites for hydroxylation is 1. The van der Waals surface area contributed by atoms with Crippen molar-refractivity contribution in [2.45, 2.75) is 13.3 Å². The molecule has 0 saturated carbocycles. The van der Waals surface area contributed by atoms with Gasteiger partial charge < -0.3 is 0 Å². The molecular weight excluding hydrogens is 297 g/mol. The molecule has 0 spiro atoms. The molecule has 0 unspecified atom stereocenters. The number of benzene rings is 3. The second-order valence-electron chi connectivity index (χ2n) is 5.35.